The highest BCUT2D eigenvalue weighted by molar-refractivity contribution is 6.30. The van der Waals surface area contributed by atoms with Gasteiger partial charge in [-0.2, -0.15) is 0 Å². The van der Waals surface area contributed by atoms with Crippen LogP contribution in [0.15, 0.2) is 57.9 Å². The molecular formula is C19H13ClFN3O3. The standard InChI is InChI=1S/C19H13ClFN3O3/c1-11-6-19(25)27-18-8-14(3-4-15(11)18)26-10-12-9-24(23-22-12)13-2-5-17(21)16(20)7-13/h2-9H,10H2,1H3. The van der Waals surface area contributed by atoms with Crippen molar-refractivity contribution >= 4 is 22.6 Å². The van der Waals surface area contributed by atoms with E-state index in [4.69, 9.17) is 20.8 Å². The van der Waals surface area contributed by atoms with Crippen molar-refractivity contribution in [2.75, 3.05) is 0 Å². The summed E-state index contributed by atoms with van der Waals surface area (Å²) in [5, 5.41) is 8.87. The monoisotopic (exact) mass is 385 g/mol. The van der Waals surface area contributed by atoms with E-state index >= 15 is 0 Å². The van der Waals surface area contributed by atoms with Gasteiger partial charge >= 0.3 is 5.63 Å². The molecule has 8 heteroatoms. The summed E-state index contributed by atoms with van der Waals surface area (Å²) in [6.07, 6.45) is 1.66. The second kappa shape index (κ2) is 6.85. The number of aryl methyl sites for hydroxylation is 1. The first kappa shape index (κ1) is 17.2. The number of halogens is 2. The van der Waals surface area contributed by atoms with Crippen LogP contribution in [0.25, 0.3) is 16.7 Å². The van der Waals surface area contributed by atoms with E-state index in [0.717, 1.165) is 10.9 Å². The summed E-state index contributed by atoms with van der Waals surface area (Å²) in [6.45, 7) is 2.01. The Morgan fingerprint density at radius 2 is 2.07 bits per heavy atom. The second-order valence-corrected chi connectivity index (χ2v) is 6.36. The number of hydrogen-bond donors (Lipinski definition) is 0. The molecule has 4 rings (SSSR count). The second-order valence-electron chi connectivity index (χ2n) is 5.95. The van der Waals surface area contributed by atoms with Crippen molar-refractivity contribution in [3.05, 3.63) is 81.2 Å². The summed E-state index contributed by atoms with van der Waals surface area (Å²) >= 11 is 5.79. The Kier molecular flexibility index (Phi) is 4.37. The lowest BCUT2D eigenvalue weighted by atomic mass is 10.1. The molecule has 0 aliphatic heterocycles. The van der Waals surface area contributed by atoms with E-state index in [9.17, 15) is 9.18 Å². The molecule has 4 aromatic rings. The number of ether oxygens (including phenoxy) is 1. The summed E-state index contributed by atoms with van der Waals surface area (Å²) in [4.78, 5) is 11.5. The quantitative estimate of drug-likeness (QED) is 0.495. The van der Waals surface area contributed by atoms with Crippen LogP contribution in [0.2, 0.25) is 5.02 Å². The van der Waals surface area contributed by atoms with Gasteiger partial charge in [-0.3, -0.25) is 0 Å². The van der Waals surface area contributed by atoms with Crippen molar-refractivity contribution in [2.24, 2.45) is 0 Å². The van der Waals surface area contributed by atoms with Crippen LogP contribution >= 0.6 is 11.6 Å². The van der Waals surface area contributed by atoms with Gasteiger partial charge in [0.15, 0.2) is 0 Å². The highest BCUT2D eigenvalue weighted by Gasteiger charge is 2.08. The zero-order valence-corrected chi connectivity index (χ0v) is 14.9. The van der Waals surface area contributed by atoms with Gasteiger partial charge in [0, 0.05) is 17.5 Å². The highest BCUT2D eigenvalue weighted by atomic mass is 35.5. The minimum Gasteiger partial charge on any atom is -0.487 e. The maximum Gasteiger partial charge on any atom is 0.336 e. The van der Waals surface area contributed by atoms with Crippen molar-refractivity contribution in [1.29, 1.82) is 0 Å². The van der Waals surface area contributed by atoms with Gasteiger partial charge in [-0.25, -0.2) is 13.9 Å². The molecule has 0 aliphatic carbocycles. The Labute approximate surface area is 157 Å². The van der Waals surface area contributed by atoms with Crippen LogP contribution in [0.5, 0.6) is 5.75 Å². The molecule has 0 bridgehead atoms. The van der Waals surface area contributed by atoms with E-state index in [0.29, 0.717) is 22.7 Å². The topological polar surface area (TPSA) is 70.2 Å². The lowest BCUT2D eigenvalue weighted by Gasteiger charge is -2.06. The Balaban J connectivity index is 1.52. The molecule has 0 unspecified atom stereocenters. The first-order chi connectivity index (χ1) is 13.0. The fourth-order valence-electron chi connectivity index (χ4n) is 2.67. The molecule has 2 heterocycles. The number of benzene rings is 2. The molecule has 0 fully saturated rings. The van der Waals surface area contributed by atoms with Crippen LogP contribution in [0.4, 0.5) is 4.39 Å². The van der Waals surface area contributed by atoms with E-state index in [2.05, 4.69) is 10.3 Å². The van der Waals surface area contributed by atoms with Gasteiger partial charge in [0.25, 0.3) is 0 Å². The molecule has 0 amide bonds. The highest BCUT2D eigenvalue weighted by Crippen LogP contribution is 2.23. The van der Waals surface area contributed by atoms with Crippen LogP contribution in [0.3, 0.4) is 0 Å². The van der Waals surface area contributed by atoms with Crippen LogP contribution in [-0.4, -0.2) is 15.0 Å². The predicted octanol–water partition coefficient (Wildman–Crippen LogP) is 4.05. The third-order valence-electron chi connectivity index (χ3n) is 4.02. The van der Waals surface area contributed by atoms with E-state index in [1.54, 1.807) is 24.4 Å². The Hall–Kier alpha value is -3.19. The van der Waals surface area contributed by atoms with Gasteiger partial charge in [-0.1, -0.05) is 16.8 Å². The first-order valence-corrected chi connectivity index (χ1v) is 8.41. The number of nitrogens with zero attached hydrogens (tertiary/aromatic N) is 3. The number of hydrogen-bond acceptors (Lipinski definition) is 5. The third-order valence-corrected chi connectivity index (χ3v) is 4.31. The third kappa shape index (κ3) is 3.54. The molecule has 2 aromatic carbocycles. The van der Waals surface area contributed by atoms with E-state index < -0.39 is 11.4 Å². The molecule has 0 N–H and O–H groups in total. The number of aromatic nitrogens is 3. The fraction of sp³-hybridized carbons (Fsp3) is 0.105. The number of rotatable bonds is 4. The Bertz CT molecular complexity index is 1200. The first-order valence-electron chi connectivity index (χ1n) is 8.03. The Morgan fingerprint density at radius 1 is 1.22 bits per heavy atom. The summed E-state index contributed by atoms with van der Waals surface area (Å²) in [6, 6.07) is 11.0. The largest absolute Gasteiger partial charge is 0.487 e. The summed E-state index contributed by atoms with van der Waals surface area (Å²) in [5.74, 6) is 0.0397. The minimum absolute atomic E-state index is 0.00810. The van der Waals surface area contributed by atoms with E-state index in [-0.39, 0.29) is 11.6 Å². The normalized spacial score (nSPS) is 11.1. The van der Waals surface area contributed by atoms with Gasteiger partial charge in [0.2, 0.25) is 0 Å². The van der Waals surface area contributed by atoms with Crippen molar-refractivity contribution in [2.45, 2.75) is 13.5 Å². The fourth-order valence-corrected chi connectivity index (χ4v) is 2.85. The van der Waals surface area contributed by atoms with Gasteiger partial charge in [0.1, 0.15) is 29.5 Å². The van der Waals surface area contributed by atoms with Crippen molar-refractivity contribution < 1.29 is 13.5 Å². The van der Waals surface area contributed by atoms with Crippen LogP contribution in [0, 0.1) is 12.7 Å². The average Bonchev–Trinajstić information content (AvgIpc) is 3.11. The van der Waals surface area contributed by atoms with Crippen molar-refractivity contribution in [1.82, 2.24) is 15.0 Å². The smallest absolute Gasteiger partial charge is 0.336 e. The van der Waals surface area contributed by atoms with Crippen LogP contribution in [-0.2, 0) is 6.61 Å². The zero-order valence-electron chi connectivity index (χ0n) is 14.1. The maximum absolute atomic E-state index is 13.3. The molecule has 6 nitrogen and oxygen atoms in total. The molecule has 0 saturated carbocycles. The van der Waals surface area contributed by atoms with Gasteiger partial charge in [-0.15, -0.1) is 5.10 Å². The summed E-state index contributed by atoms with van der Waals surface area (Å²) in [5.41, 5.74) is 2.05. The molecule has 0 atom stereocenters. The lowest BCUT2D eigenvalue weighted by molar-refractivity contribution is 0.301. The maximum atomic E-state index is 13.3. The number of fused-ring (bicyclic) bond motifs is 1. The molecular weight excluding hydrogens is 373 g/mol. The van der Waals surface area contributed by atoms with Crippen molar-refractivity contribution in [3.63, 3.8) is 0 Å². The lowest BCUT2D eigenvalue weighted by Crippen LogP contribution is -1.99. The molecule has 27 heavy (non-hydrogen) atoms. The molecule has 0 radical (unpaired) electrons. The minimum atomic E-state index is -0.498. The summed E-state index contributed by atoms with van der Waals surface area (Å²) in [7, 11) is 0. The van der Waals surface area contributed by atoms with Crippen LogP contribution in [0.1, 0.15) is 11.3 Å². The average molecular weight is 386 g/mol. The molecule has 0 saturated heterocycles. The van der Waals surface area contributed by atoms with E-state index in [1.165, 1.54) is 22.9 Å². The van der Waals surface area contributed by atoms with Gasteiger partial charge in [0.05, 0.1) is 16.9 Å². The van der Waals surface area contributed by atoms with Gasteiger partial charge < -0.3 is 9.15 Å². The van der Waals surface area contributed by atoms with Crippen molar-refractivity contribution in [3.8, 4) is 11.4 Å². The SMILES string of the molecule is Cc1cc(=O)oc2cc(OCc3cn(-c4ccc(F)c(Cl)c4)nn3)ccc12. The zero-order chi connectivity index (χ0) is 19.0. The molecule has 0 spiro atoms. The summed E-state index contributed by atoms with van der Waals surface area (Å²) < 4.78 is 25.7. The molecule has 2 aromatic heterocycles. The van der Waals surface area contributed by atoms with Crippen LogP contribution < -0.4 is 10.4 Å². The Morgan fingerprint density at radius 3 is 2.89 bits per heavy atom. The van der Waals surface area contributed by atoms with E-state index in [1.807, 2.05) is 13.0 Å². The molecule has 0 aliphatic rings. The van der Waals surface area contributed by atoms with Gasteiger partial charge in [-0.05, 0) is 42.8 Å². The molecule has 136 valence electrons. The predicted molar refractivity (Wildman–Crippen MR) is 97.9 cm³/mol.